The summed E-state index contributed by atoms with van der Waals surface area (Å²) < 4.78 is 22.2. The third-order valence-electron chi connectivity index (χ3n) is 3.71. The van der Waals surface area contributed by atoms with E-state index in [0.29, 0.717) is 19.8 Å². The minimum Gasteiger partial charge on any atom is -0.453 e. The highest BCUT2D eigenvalue weighted by atomic mass is 16.7. The van der Waals surface area contributed by atoms with Gasteiger partial charge in [-0.15, -0.1) is 0 Å². The van der Waals surface area contributed by atoms with E-state index in [1.165, 1.54) is 5.56 Å². The largest absolute Gasteiger partial charge is 0.453 e. The van der Waals surface area contributed by atoms with E-state index in [2.05, 4.69) is 17.4 Å². The summed E-state index contributed by atoms with van der Waals surface area (Å²) in [7, 11) is 0. The predicted octanol–water partition coefficient (Wildman–Crippen LogP) is 3.07. The molecule has 0 amide bonds. The summed E-state index contributed by atoms with van der Waals surface area (Å²) >= 11 is 0. The van der Waals surface area contributed by atoms with Gasteiger partial charge in [-0.25, -0.2) is 0 Å². The number of ether oxygens (including phenoxy) is 4. The second kappa shape index (κ2) is 5.87. The Kier molecular flexibility index (Phi) is 3.58. The Balaban J connectivity index is 1.59. The van der Waals surface area contributed by atoms with Gasteiger partial charge in [0, 0.05) is 12.1 Å². The first-order valence-electron chi connectivity index (χ1n) is 7.35. The van der Waals surface area contributed by atoms with Crippen LogP contribution in [0, 0.1) is 0 Å². The molecule has 22 heavy (non-hydrogen) atoms. The quantitative estimate of drug-likeness (QED) is 0.940. The van der Waals surface area contributed by atoms with Crippen molar-refractivity contribution in [2.75, 3.05) is 25.3 Å². The standard InChI is InChI=1S/C17H17NO4/c1-2-4-12(5-3-1)10-18-14-8-13(17-19-6-7-20-17)9-15-16(14)22-11-21-15/h1-5,8-9,17-18H,6-7,10-11H2. The van der Waals surface area contributed by atoms with Crippen molar-refractivity contribution in [1.29, 1.82) is 0 Å². The average molecular weight is 299 g/mol. The van der Waals surface area contributed by atoms with Gasteiger partial charge in [0.1, 0.15) is 0 Å². The first kappa shape index (κ1) is 13.4. The van der Waals surface area contributed by atoms with E-state index in [0.717, 1.165) is 22.7 Å². The van der Waals surface area contributed by atoms with Gasteiger partial charge in [0.2, 0.25) is 6.79 Å². The zero-order valence-electron chi connectivity index (χ0n) is 12.1. The average Bonchev–Trinajstić information content (AvgIpc) is 3.24. The van der Waals surface area contributed by atoms with Crippen LogP contribution in [-0.2, 0) is 16.0 Å². The van der Waals surface area contributed by atoms with Crippen molar-refractivity contribution in [3.05, 3.63) is 53.6 Å². The van der Waals surface area contributed by atoms with Crippen molar-refractivity contribution in [3.63, 3.8) is 0 Å². The Morgan fingerprint density at radius 3 is 2.64 bits per heavy atom. The third-order valence-corrected chi connectivity index (χ3v) is 3.71. The second-order valence-electron chi connectivity index (χ2n) is 5.21. The maximum atomic E-state index is 5.57. The van der Waals surface area contributed by atoms with Crippen LogP contribution in [0.15, 0.2) is 42.5 Å². The normalized spacial score (nSPS) is 16.9. The molecule has 0 aromatic heterocycles. The van der Waals surface area contributed by atoms with Crippen LogP contribution in [0.25, 0.3) is 0 Å². The number of rotatable bonds is 4. The number of anilines is 1. The fourth-order valence-electron chi connectivity index (χ4n) is 2.64. The Morgan fingerprint density at radius 2 is 1.82 bits per heavy atom. The highest BCUT2D eigenvalue weighted by molar-refractivity contribution is 5.66. The fourth-order valence-corrected chi connectivity index (χ4v) is 2.64. The first-order chi connectivity index (χ1) is 10.9. The third kappa shape index (κ3) is 2.61. The molecule has 1 saturated heterocycles. The minimum absolute atomic E-state index is 0.241. The molecule has 2 aliphatic heterocycles. The number of nitrogens with one attached hydrogen (secondary N) is 1. The Morgan fingerprint density at radius 1 is 1.00 bits per heavy atom. The van der Waals surface area contributed by atoms with E-state index in [4.69, 9.17) is 18.9 Å². The molecule has 0 aliphatic carbocycles. The van der Waals surface area contributed by atoms with E-state index in [-0.39, 0.29) is 13.1 Å². The Labute approximate surface area is 128 Å². The molecule has 4 rings (SSSR count). The molecular formula is C17H17NO4. The maximum absolute atomic E-state index is 5.57. The lowest BCUT2D eigenvalue weighted by atomic mass is 10.1. The van der Waals surface area contributed by atoms with Crippen LogP contribution in [0.1, 0.15) is 17.4 Å². The molecule has 2 aromatic carbocycles. The first-order valence-corrected chi connectivity index (χ1v) is 7.35. The number of hydrogen-bond acceptors (Lipinski definition) is 5. The van der Waals surface area contributed by atoms with Gasteiger partial charge in [-0.1, -0.05) is 30.3 Å². The lowest BCUT2D eigenvalue weighted by molar-refractivity contribution is -0.0441. The molecule has 114 valence electrons. The molecule has 2 heterocycles. The molecule has 0 saturated carbocycles. The second-order valence-corrected chi connectivity index (χ2v) is 5.21. The van der Waals surface area contributed by atoms with Crippen molar-refractivity contribution >= 4 is 5.69 Å². The summed E-state index contributed by atoms with van der Waals surface area (Å²) in [5.74, 6) is 1.48. The van der Waals surface area contributed by atoms with Crippen LogP contribution in [0.4, 0.5) is 5.69 Å². The van der Waals surface area contributed by atoms with Gasteiger partial charge in [-0.2, -0.15) is 0 Å². The van der Waals surface area contributed by atoms with E-state index in [9.17, 15) is 0 Å². The number of fused-ring (bicyclic) bond motifs is 1. The van der Waals surface area contributed by atoms with E-state index in [1.807, 2.05) is 30.3 Å². The van der Waals surface area contributed by atoms with Crippen molar-refractivity contribution in [3.8, 4) is 11.5 Å². The molecule has 1 fully saturated rings. The lowest BCUT2D eigenvalue weighted by Gasteiger charge is -2.14. The summed E-state index contributed by atoms with van der Waals surface area (Å²) in [6, 6.07) is 14.1. The van der Waals surface area contributed by atoms with Gasteiger partial charge in [0.25, 0.3) is 0 Å². The van der Waals surface area contributed by atoms with Crippen LogP contribution in [0.5, 0.6) is 11.5 Å². The number of hydrogen-bond donors (Lipinski definition) is 1. The van der Waals surface area contributed by atoms with E-state index >= 15 is 0 Å². The SMILES string of the molecule is c1ccc(CNc2cc(C3OCCO3)cc3c2OCO3)cc1. The van der Waals surface area contributed by atoms with Gasteiger partial charge >= 0.3 is 0 Å². The van der Waals surface area contributed by atoms with Crippen LogP contribution in [0.3, 0.4) is 0 Å². The van der Waals surface area contributed by atoms with Gasteiger partial charge in [0.05, 0.1) is 18.9 Å². The molecule has 2 aliphatic rings. The monoisotopic (exact) mass is 299 g/mol. The summed E-state index contributed by atoms with van der Waals surface area (Å²) in [4.78, 5) is 0. The summed E-state index contributed by atoms with van der Waals surface area (Å²) in [6.45, 7) is 2.19. The van der Waals surface area contributed by atoms with Crippen LogP contribution in [-0.4, -0.2) is 20.0 Å². The Bertz CT molecular complexity index is 653. The molecule has 1 N–H and O–H groups in total. The molecule has 0 spiro atoms. The van der Waals surface area contributed by atoms with Crippen LogP contribution < -0.4 is 14.8 Å². The molecule has 5 nitrogen and oxygen atoms in total. The van der Waals surface area contributed by atoms with Gasteiger partial charge in [-0.05, 0) is 17.7 Å². The van der Waals surface area contributed by atoms with E-state index < -0.39 is 0 Å². The topological polar surface area (TPSA) is 49.0 Å². The summed E-state index contributed by atoms with van der Waals surface area (Å²) in [5.41, 5.74) is 3.04. The smallest absolute Gasteiger partial charge is 0.231 e. The molecule has 2 aromatic rings. The maximum Gasteiger partial charge on any atom is 0.231 e. The molecule has 0 atom stereocenters. The van der Waals surface area contributed by atoms with Gasteiger partial charge < -0.3 is 24.3 Å². The predicted molar refractivity (Wildman–Crippen MR) is 81.0 cm³/mol. The van der Waals surface area contributed by atoms with Crippen LogP contribution in [0.2, 0.25) is 0 Å². The van der Waals surface area contributed by atoms with Gasteiger partial charge in [0.15, 0.2) is 17.8 Å². The highest BCUT2D eigenvalue weighted by Crippen LogP contribution is 2.42. The van der Waals surface area contributed by atoms with Crippen LogP contribution >= 0.6 is 0 Å². The zero-order chi connectivity index (χ0) is 14.8. The minimum atomic E-state index is -0.327. The lowest BCUT2D eigenvalue weighted by Crippen LogP contribution is -2.03. The van der Waals surface area contributed by atoms with Crippen molar-refractivity contribution < 1.29 is 18.9 Å². The van der Waals surface area contributed by atoms with Crippen molar-refractivity contribution in [1.82, 2.24) is 0 Å². The molecule has 5 heteroatoms. The highest BCUT2D eigenvalue weighted by Gasteiger charge is 2.25. The number of benzene rings is 2. The van der Waals surface area contributed by atoms with E-state index in [1.54, 1.807) is 0 Å². The molecular weight excluding hydrogens is 282 g/mol. The summed E-state index contributed by atoms with van der Waals surface area (Å²) in [6.07, 6.45) is -0.327. The summed E-state index contributed by atoms with van der Waals surface area (Å²) in [5, 5.41) is 3.41. The molecule has 0 radical (unpaired) electrons. The molecule has 0 bridgehead atoms. The van der Waals surface area contributed by atoms with Crippen molar-refractivity contribution in [2.24, 2.45) is 0 Å². The van der Waals surface area contributed by atoms with Gasteiger partial charge in [-0.3, -0.25) is 0 Å². The van der Waals surface area contributed by atoms with Crippen molar-refractivity contribution in [2.45, 2.75) is 12.8 Å². The zero-order valence-corrected chi connectivity index (χ0v) is 12.1. The molecule has 0 unspecified atom stereocenters. The Hall–Kier alpha value is -2.24. The fraction of sp³-hybridized carbons (Fsp3) is 0.294.